The number of nitrogens with one attached hydrogen (secondary N) is 1. The van der Waals surface area contributed by atoms with E-state index < -0.39 is 17.7 Å². The van der Waals surface area contributed by atoms with E-state index in [0.29, 0.717) is 6.42 Å². The molecule has 0 heterocycles. The van der Waals surface area contributed by atoms with Crippen LogP contribution in [0, 0.1) is 11.6 Å². The van der Waals surface area contributed by atoms with Gasteiger partial charge in [-0.25, -0.2) is 8.78 Å². The zero-order valence-electron chi connectivity index (χ0n) is 10.5. The summed E-state index contributed by atoms with van der Waals surface area (Å²) in [5.74, 6) is -1.04. The van der Waals surface area contributed by atoms with Gasteiger partial charge in [0.25, 0.3) is 0 Å². The van der Waals surface area contributed by atoms with Crippen LogP contribution >= 0.6 is 15.9 Å². The lowest BCUT2D eigenvalue weighted by Gasteiger charge is -2.19. The van der Waals surface area contributed by atoms with Crippen molar-refractivity contribution in [1.29, 1.82) is 0 Å². The molecule has 1 N–H and O–H groups in total. The molecule has 2 rings (SSSR count). The van der Waals surface area contributed by atoms with Gasteiger partial charge in [-0.2, -0.15) is 0 Å². The summed E-state index contributed by atoms with van der Waals surface area (Å²) in [6.07, 6.45) is 0.510. The van der Waals surface area contributed by atoms with Gasteiger partial charge in [0, 0.05) is 16.1 Å². The molecular weight excluding hydrogens is 312 g/mol. The molecule has 1 atom stereocenters. The highest BCUT2D eigenvalue weighted by Gasteiger charge is 2.19. The third-order valence-electron chi connectivity index (χ3n) is 3.08. The lowest BCUT2D eigenvalue weighted by Crippen LogP contribution is -2.21. The monoisotopic (exact) mass is 325 g/mol. The van der Waals surface area contributed by atoms with Crippen molar-refractivity contribution in [3.63, 3.8) is 0 Å². The lowest BCUT2D eigenvalue weighted by molar-refractivity contribution is 0.489. The fourth-order valence-electron chi connectivity index (χ4n) is 2.08. The van der Waals surface area contributed by atoms with Crippen LogP contribution < -0.4 is 5.32 Å². The van der Waals surface area contributed by atoms with Crippen LogP contribution in [0.4, 0.5) is 8.78 Å². The predicted octanol–water partition coefficient (Wildman–Crippen LogP) is 4.23. The zero-order valence-corrected chi connectivity index (χ0v) is 12.0. The minimum Gasteiger partial charge on any atom is -0.313 e. The minimum absolute atomic E-state index is 0.0840. The summed E-state index contributed by atoms with van der Waals surface area (Å²) in [7, 11) is 1.70. The number of halogens is 3. The Labute approximate surface area is 119 Å². The molecular formula is C15H14BrF2N. The standard InChI is InChI=1S/C15H14BrF2N/c1-19-14(9-10-5-2-3-6-11(10)16)15-12(17)7-4-8-13(15)18/h2-8,14,19H,9H2,1H3. The molecule has 0 fully saturated rings. The number of hydrogen-bond acceptors (Lipinski definition) is 1. The second kappa shape index (κ2) is 6.26. The molecule has 0 radical (unpaired) electrons. The van der Waals surface area contributed by atoms with Crippen molar-refractivity contribution in [3.05, 3.63) is 69.7 Å². The zero-order chi connectivity index (χ0) is 13.8. The van der Waals surface area contributed by atoms with Crippen LogP contribution in [0.2, 0.25) is 0 Å². The molecule has 1 nitrogen and oxygen atoms in total. The van der Waals surface area contributed by atoms with E-state index in [-0.39, 0.29) is 5.56 Å². The largest absolute Gasteiger partial charge is 0.313 e. The molecule has 0 amide bonds. The van der Waals surface area contributed by atoms with Gasteiger partial charge in [-0.1, -0.05) is 40.2 Å². The Morgan fingerprint density at radius 3 is 2.26 bits per heavy atom. The van der Waals surface area contributed by atoms with E-state index in [1.54, 1.807) is 7.05 Å². The van der Waals surface area contributed by atoms with Crippen LogP contribution in [0.3, 0.4) is 0 Å². The maximum absolute atomic E-state index is 13.8. The summed E-state index contributed by atoms with van der Waals surface area (Å²) in [5.41, 5.74) is 1.09. The maximum Gasteiger partial charge on any atom is 0.130 e. The molecule has 2 aromatic rings. The Kier molecular flexibility index (Phi) is 4.66. The molecule has 2 aromatic carbocycles. The molecule has 0 saturated carbocycles. The third kappa shape index (κ3) is 3.19. The fourth-order valence-corrected chi connectivity index (χ4v) is 2.52. The average Bonchev–Trinajstić information content (AvgIpc) is 2.39. The van der Waals surface area contributed by atoms with Gasteiger partial charge in [0.1, 0.15) is 11.6 Å². The van der Waals surface area contributed by atoms with Gasteiger partial charge >= 0.3 is 0 Å². The average molecular weight is 326 g/mol. The Morgan fingerprint density at radius 2 is 1.68 bits per heavy atom. The molecule has 0 saturated heterocycles. The van der Waals surface area contributed by atoms with Gasteiger partial charge in [-0.15, -0.1) is 0 Å². The number of likely N-dealkylation sites (N-methyl/N-ethyl adjacent to an activating group) is 1. The first-order chi connectivity index (χ1) is 9.13. The van der Waals surface area contributed by atoms with Crippen molar-refractivity contribution in [2.75, 3.05) is 7.05 Å². The van der Waals surface area contributed by atoms with Crippen molar-refractivity contribution in [2.24, 2.45) is 0 Å². The highest BCUT2D eigenvalue weighted by atomic mass is 79.9. The summed E-state index contributed by atoms with van der Waals surface area (Å²) in [4.78, 5) is 0. The van der Waals surface area contributed by atoms with Crippen molar-refractivity contribution < 1.29 is 8.78 Å². The first-order valence-corrected chi connectivity index (χ1v) is 6.77. The third-order valence-corrected chi connectivity index (χ3v) is 3.85. The molecule has 1 unspecified atom stereocenters. The second-order valence-corrected chi connectivity index (χ2v) is 5.13. The van der Waals surface area contributed by atoms with Crippen LogP contribution in [-0.2, 0) is 6.42 Å². The van der Waals surface area contributed by atoms with Gasteiger partial charge in [-0.3, -0.25) is 0 Å². The molecule has 19 heavy (non-hydrogen) atoms. The summed E-state index contributed by atoms with van der Waals surface area (Å²) >= 11 is 3.45. The molecule has 0 bridgehead atoms. The van der Waals surface area contributed by atoms with Crippen molar-refractivity contribution in [2.45, 2.75) is 12.5 Å². The van der Waals surface area contributed by atoms with E-state index in [1.807, 2.05) is 24.3 Å². The molecule has 0 aliphatic rings. The summed E-state index contributed by atoms with van der Waals surface area (Å²) < 4.78 is 28.5. The Morgan fingerprint density at radius 1 is 1.05 bits per heavy atom. The highest BCUT2D eigenvalue weighted by Crippen LogP contribution is 2.26. The van der Waals surface area contributed by atoms with Gasteiger partial charge in [0.15, 0.2) is 0 Å². The van der Waals surface area contributed by atoms with Gasteiger partial charge in [-0.05, 0) is 37.2 Å². The Bertz CT molecular complexity index is 552. The van der Waals surface area contributed by atoms with Crippen LogP contribution in [0.25, 0.3) is 0 Å². The second-order valence-electron chi connectivity index (χ2n) is 4.27. The molecule has 100 valence electrons. The van der Waals surface area contributed by atoms with Gasteiger partial charge in [0.05, 0.1) is 0 Å². The van der Waals surface area contributed by atoms with Gasteiger partial charge < -0.3 is 5.32 Å². The Balaban J connectivity index is 2.34. The van der Waals surface area contributed by atoms with Crippen LogP contribution in [0.15, 0.2) is 46.9 Å². The lowest BCUT2D eigenvalue weighted by atomic mass is 9.98. The van der Waals surface area contributed by atoms with E-state index in [4.69, 9.17) is 0 Å². The number of benzene rings is 2. The molecule has 0 aliphatic heterocycles. The molecule has 0 aromatic heterocycles. The summed E-state index contributed by atoms with van der Waals surface area (Å²) in [5, 5.41) is 2.97. The summed E-state index contributed by atoms with van der Waals surface area (Å²) in [6.45, 7) is 0. The van der Waals surface area contributed by atoms with Crippen LogP contribution in [0.5, 0.6) is 0 Å². The predicted molar refractivity (Wildman–Crippen MR) is 76.0 cm³/mol. The highest BCUT2D eigenvalue weighted by molar-refractivity contribution is 9.10. The van der Waals surface area contributed by atoms with E-state index in [1.165, 1.54) is 18.2 Å². The van der Waals surface area contributed by atoms with Crippen LogP contribution in [0.1, 0.15) is 17.2 Å². The Hall–Kier alpha value is -1.26. The van der Waals surface area contributed by atoms with E-state index in [9.17, 15) is 8.78 Å². The summed E-state index contributed by atoms with van der Waals surface area (Å²) in [6, 6.07) is 11.2. The number of rotatable bonds is 4. The quantitative estimate of drug-likeness (QED) is 0.887. The molecule has 0 spiro atoms. The van der Waals surface area contributed by atoms with E-state index in [0.717, 1.165) is 10.0 Å². The van der Waals surface area contributed by atoms with E-state index in [2.05, 4.69) is 21.2 Å². The smallest absolute Gasteiger partial charge is 0.130 e. The molecule has 0 aliphatic carbocycles. The van der Waals surface area contributed by atoms with Crippen molar-refractivity contribution in [3.8, 4) is 0 Å². The van der Waals surface area contributed by atoms with E-state index >= 15 is 0 Å². The van der Waals surface area contributed by atoms with Crippen molar-refractivity contribution >= 4 is 15.9 Å². The first-order valence-electron chi connectivity index (χ1n) is 5.98. The van der Waals surface area contributed by atoms with Crippen molar-refractivity contribution in [1.82, 2.24) is 5.32 Å². The van der Waals surface area contributed by atoms with Crippen LogP contribution in [-0.4, -0.2) is 7.05 Å². The maximum atomic E-state index is 13.8. The fraction of sp³-hybridized carbons (Fsp3) is 0.200. The van der Waals surface area contributed by atoms with Gasteiger partial charge in [0.2, 0.25) is 0 Å². The minimum atomic E-state index is -0.522. The number of hydrogen-bond donors (Lipinski definition) is 1. The molecule has 4 heteroatoms. The normalized spacial score (nSPS) is 12.4. The SMILES string of the molecule is CNC(Cc1ccccc1Br)c1c(F)cccc1F. The topological polar surface area (TPSA) is 12.0 Å². The first kappa shape index (κ1) is 14.2.